The normalized spacial score (nSPS) is 13.7. The minimum absolute atomic E-state index is 0.0607. The molecule has 1 amide bonds. The summed E-state index contributed by atoms with van der Waals surface area (Å²) in [4.78, 5) is 13.3. The highest BCUT2D eigenvalue weighted by atomic mass is 16.3. The molecule has 0 aromatic rings. The van der Waals surface area contributed by atoms with Gasteiger partial charge in [-0.05, 0) is 27.3 Å². The van der Waals surface area contributed by atoms with Gasteiger partial charge < -0.3 is 15.3 Å². The number of nitrogens with zero attached hydrogens (tertiary/aromatic N) is 1. The Morgan fingerprint density at radius 1 is 1.53 bits per heavy atom. The van der Waals surface area contributed by atoms with Crippen LogP contribution in [0.3, 0.4) is 0 Å². The first kappa shape index (κ1) is 14.4. The van der Waals surface area contributed by atoms with Crippen molar-refractivity contribution < 1.29 is 9.90 Å². The van der Waals surface area contributed by atoms with E-state index in [4.69, 9.17) is 0 Å². The molecule has 15 heavy (non-hydrogen) atoms. The molecule has 1 atom stereocenters. The Labute approximate surface area is 92.7 Å². The van der Waals surface area contributed by atoms with E-state index in [-0.39, 0.29) is 11.9 Å². The van der Waals surface area contributed by atoms with Crippen LogP contribution in [-0.4, -0.2) is 47.7 Å². The standard InChI is InChI=1S/C11H24N2O2/c1-6-12-9(2)7-10(14)13(5)8-11(3,4)15/h9,12,15H,6-8H2,1-5H3. The van der Waals surface area contributed by atoms with Crippen molar-refractivity contribution in [1.29, 1.82) is 0 Å². The summed E-state index contributed by atoms with van der Waals surface area (Å²) >= 11 is 0. The van der Waals surface area contributed by atoms with Gasteiger partial charge in [-0.2, -0.15) is 0 Å². The van der Waals surface area contributed by atoms with Crippen LogP contribution in [0.1, 0.15) is 34.1 Å². The average Bonchev–Trinajstić information content (AvgIpc) is 2.00. The van der Waals surface area contributed by atoms with Crippen LogP contribution < -0.4 is 5.32 Å². The van der Waals surface area contributed by atoms with Crippen molar-refractivity contribution in [2.24, 2.45) is 0 Å². The lowest BCUT2D eigenvalue weighted by Crippen LogP contribution is -2.42. The molecule has 0 fully saturated rings. The second-order valence-corrected chi connectivity index (χ2v) is 4.73. The fourth-order valence-corrected chi connectivity index (χ4v) is 1.51. The molecule has 4 heteroatoms. The van der Waals surface area contributed by atoms with Crippen LogP contribution >= 0.6 is 0 Å². The number of carbonyl (C=O) groups excluding carboxylic acids is 1. The maximum absolute atomic E-state index is 11.7. The van der Waals surface area contributed by atoms with Crippen LogP contribution in [-0.2, 0) is 4.79 Å². The molecule has 90 valence electrons. The van der Waals surface area contributed by atoms with Crippen molar-refractivity contribution in [3.63, 3.8) is 0 Å². The first-order chi connectivity index (χ1) is 6.76. The number of carbonyl (C=O) groups is 1. The highest BCUT2D eigenvalue weighted by Gasteiger charge is 2.20. The van der Waals surface area contributed by atoms with Crippen molar-refractivity contribution in [2.75, 3.05) is 20.1 Å². The van der Waals surface area contributed by atoms with Crippen LogP contribution in [0.2, 0.25) is 0 Å². The number of nitrogens with one attached hydrogen (secondary N) is 1. The van der Waals surface area contributed by atoms with Gasteiger partial charge in [0.25, 0.3) is 0 Å². The van der Waals surface area contributed by atoms with E-state index in [1.807, 2.05) is 13.8 Å². The predicted molar refractivity (Wildman–Crippen MR) is 61.7 cm³/mol. The molecule has 0 aliphatic carbocycles. The van der Waals surface area contributed by atoms with E-state index in [9.17, 15) is 9.90 Å². The van der Waals surface area contributed by atoms with E-state index in [1.165, 1.54) is 0 Å². The lowest BCUT2D eigenvalue weighted by molar-refractivity contribution is -0.133. The summed E-state index contributed by atoms with van der Waals surface area (Å²) in [5.74, 6) is 0.0607. The smallest absolute Gasteiger partial charge is 0.223 e. The zero-order chi connectivity index (χ0) is 12.1. The van der Waals surface area contributed by atoms with Crippen LogP contribution in [0.15, 0.2) is 0 Å². The summed E-state index contributed by atoms with van der Waals surface area (Å²) in [5, 5.41) is 12.7. The van der Waals surface area contributed by atoms with Crippen LogP contribution in [0.25, 0.3) is 0 Å². The maximum atomic E-state index is 11.7. The quantitative estimate of drug-likeness (QED) is 0.684. The largest absolute Gasteiger partial charge is 0.389 e. The molecule has 0 bridgehead atoms. The number of rotatable bonds is 6. The van der Waals surface area contributed by atoms with Crippen molar-refractivity contribution in [1.82, 2.24) is 10.2 Å². The maximum Gasteiger partial charge on any atom is 0.223 e. The van der Waals surface area contributed by atoms with Gasteiger partial charge in [0.2, 0.25) is 5.91 Å². The molecular weight excluding hydrogens is 192 g/mol. The molecule has 0 heterocycles. The first-order valence-electron chi connectivity index (χ1n) is 5.46. The zero-order valence-corrected chi connectivity index (χ0v) is 10.5. The van der Waals surface area contributed by atoms with E-state index in [0.29, 0.717) is 13.0 Å². The molecule has 0 aromatic carbocycles. The highest BCUT2D eigenvalue weighted by Crippen LogP contribution is 2.05. The molecule has 0 aliphatic rings. The van der Waals surface area contributed by atoms with Gasteiger partial charge in [0.15, 0.2) is 0 Å². The molecule has 0 spiro atoms. The number of aliphatic hydroxyl groups is 1. The third kappa shape index (κ3) is 7.33. The Kier molecular flexibility index (Phi) is 5.83. The van der Waals surface area contributed by atoms with Gasteiger partial charge in [0, 0.05) is 26.1 Å². The van der Waals surface area contributed by atoms with E-state index >= 15 is 0 Å². The lowest BCUT2D eigenvalue weighted by Gasteiger charge is -2.26. The first-order valence-corrected chi connectivity index (χ1v) is 5.46. The topological polar surface area (TPSA) is 52.6 Å². The van der Waals surface area contributed by atoms with Gasteiger partial charge in [0.05, 0.1) is 5.60 Å². The minimum Gasteiger partial charge on any atom is -0.389 e. The fraction of sp³-hybridized carbons (Fsp3) is 0.909. The second kappa shape index (κ2) is 6.08. The van der Waals surface area contributed by atoms with Gasteiger partial charge in [-0.1, -0.05) is 6.92 Å². The Morgan fingerprint density at radius 3 is 2.47 bits per heavy atom. The molecule has 0 saturated carbocycles. The molecule has 1 unspecified atom stereocenters. The molecule has 0 aromatic heterocycles. The van der Waals surface area contributed by atoms with Gasteiger partial charge >= 0.3 is 0 Å². The van der Waals surface area contributed by atoms with Gasteiger partial charge in [-0.15, -0.1) is 0 Å². The Morgan fingerprint density at radius 2 is 2.07 bits per heavy atom. The third-order valence-electron chi connectivity index (χ3n) is 2.08. The summed E-state index contributed by atoms with van der Waals surface area (Å²) in [6, 6.07) is 0.187. The second-order valence-electron chi connectivity index (χ2n) is 4.73. The van der Waals surface area contributed by atoms with E-state index in [1.54, 1.807) is 25.8 Å². The minimum atomic E-state index is -0.828. The Balaban J connectivity index is 3.99. The van der Waals surface area contributed by atoms with Crippen LogP contribution in [0, 0.1) is 0 Å². The lowest BCUT2D eigenvalue weighted by atomic mass is 10.1. The van der Waals surface area contributed by atoms with Gasteiger partial charge in [-0.3, -0.25) is 4.79 Å². The third-order valence-corrected chi connectivity index (χ3v) is 2.08. The van der Waals surface area contributed by atoms with Crippen molar-refractivity contribution in [3.05, 3.63) is 0 Å². The molecule has 0 radical (unpaired) electrons. The summed E-state index contributed by atoms with van der Waals surface area (Å²) < 4.78 is 0. The van der Waals surface area contributed by atoms with Gasteiger partial charge in [-0.25, -0.2) is 0 Å². The molecular formula is C11H24N2O2. The summed E-state index contributed by atoms with van der Waals surface area (Å²) in [7, 11) is 1.72. The molecule has 0 rings (SSSR count). The highest BCUT2D eigenvalue weighted by molar-refractivity contribution is 5.76. The van der Waals surface area contributed by atoms with Crippen LogP contribution in [0.5, 0.6) is 0 Å². The van der Waals surface area contributed by atoms with Crippen molar-refractivity contribution in [3.8, 4) is 0 Å². The van der Waals surface area contributed by atoms with E-state index < -0.39 is 5.60 Å². The summed E-state index contributed by atoms with van der Waals surface area (Å²) in [6.45, 7) is 8.63. The van der Waals surface area contributed by atoms with Gasteiger partial charge in [0.1, 0.15) is 0 Å². The fourth-order valence-electron chi connectivity index (χ4n) is 1.51. The van der Waals surface area contributed by atoms with E-state index in [2.05, 4.69) is 5.32 Å². The molecule has 0 aliphatic heterocycles. The molecule has 4 nitrogen and oxygen atoms in total. The summed E-state index contributed by atoms with van der Waals surface area (Å²) in [5.41, 5.74) is -0.828. The SMILES string of the molecule is CCNC(C)CC(=O)N(C)CC(C)(C)O. The predicted octanol–water partition coefficient (Wildman–Crippen LogP) is 0.604. The monoisotopic (exact) mass is 216 g/mol. The number of likely N-dealkylation sites (N-methyl/N-ethyl adjacent to an activating group) is 1. The molecule has 2 N–H and O–H groups in total. The number of hydrogen-bond acceptors (Lipinski definition) is 3. The molecule has 0 saturated heterocycles. The Bertz CT molecular complexity index is 199. The number of hydrogen-bond donors (Lipinski definition) is 2. The van der Waals surface area contributed by atoms with E-state index in [0.717, 1.165) is 6.54 Å². The van der Waals surface area contributed by atoms with Crippen LogP contribution in [0.4, 0.5) is 0 Å². The average molecular weight is 216 g/mol. The Hall–Kier alpha value is -0.610. The summed E-state index contributed by atoms with van der Waals surface area (Å²) in [6.07, 6.45) is 0.473. The van der Waals surface area contributed by atoms with Crippen molar-refractivity contribution >= 4 is 5.91 Å². The van der Waals surface area contributed by atoms with Crippen molar-refractivity contribution in [2.45, 2.75) is 45.8 Å². The zero-order valence-electron chi connectivity index (χ0n) is 10.5. The number of amides is 1.